The van der Waals surface area contributed by atoms with Gasteiger partial charge in [0, 0.05) is 37.3 Å². The van der Waals surface area contributed by atoms with E-state index in [9.17, 15) is 9.90 Å². The summed E-state index contributed by atoms with van der Waals surface area (Å²) in [5.74, 6) is 0.405. The van der Waals surface area contributed by atoms with Gasteiger partial charge in [-0.2, -0.15) is 9.97 Å². The predicted octanol–water partition coefficient (Wildman–Crippen LogP) is 3.97. The van der Waals surface area contributed by atoms with Crippen molar-refractivity contribution in [1.29, 1.82) is 0 Å². The molecule has 2 heterocycles. The van der Waals surface area contributed by atoms with Gasteiger partial charge < -0.3 is 29.4 Å². The number of ether oxygens (including phenoxy) is 4. The van der Waals surface area contributed by atoms with E-state index in [0.29, 0.717) is 50.2 Å². The van der Waals surface area contributed by atoms with Crippen molar-refractivity contribution in [2.75, 3.05) is 32.8 Å². The van der Waals surface area contributed by atoms with E-state index in [4.69, 9.17) is 18.9 Å². The number of nitrogens with one attached hydrogen (secondary N) is 1. The van der Waals surface area contributed by atoms with Gasteiger partial charge >= 0.3 is 5.97 Å². The Hall–Kier alpha value is -2.91. The molecular formula is C25H33N3O6. The number of aryl methyl sites for hydroxylation is 1. The van der Waals surface area contributed by atoms with E-state index in [1.54, 1.807) is 20.3 Å². The maximum absolute atomic E-state index is 12.2. The van der Waals surface area contributed by atoms with Crippen LogP contribution >= 0.6 is 0 Å². The van der Waals surface area contributed by atoms with E-state index in [-0.39, 0.29) is 6.10 Å². The number of hydrogen-bond donors (Lipinski definition) is 2. The van der Waals surface area contributed by atoms with E-state index < -0.39 is 11.5 Å². The minimum atomic E-state index is -1.06. The molecule has 1 aromatic heterocycles. The molecule has 1 saturated heterocycles. The maximum Gasteiger partial charge on any atom is 0.329 e. The second-order valence-corrected chi connectivity index (χ2v) is 8.95. The number of carboxylic acid groups (broad SMARTS) is 1. The van der Waals surface area contributed by atoms with Crippen molar-refractivity contribution in [2.24, 2.45) is 0 Å². The van der Waals surface area contributed by atoms with Gasteiger partial charge in [-0.25, -0.2) is 4.79 Å². The summed E-state index contributed by atoms with van der Waals surface area (Å²) in [6.45, 7) is 3.16. The number of aliphatic carboxylic acids is 1. The number of carbonyl (C=O) groups is 1. The van der Waals surface area contributed by atoms with Crippen LogP contribution in [0.1, 0.15) is 49.7 Å². The zero-order valence-electron chi connectivity index (χ0n) is 20.1. The zero-order valence-corrected chi connectivity index (χ0v) is 20.1. The molecule has 9 nitrogen and oxygen atoms in total. The Labute approximate surface area is 199 Å². The van der Waals surface area contributed by atoms with Gasteiger partial charge in [0.1, 0.15) is 5.54 Å². The summed E-state index contributed by atoms with van der Waals surface area (Å²) in [5.41, 5.74) is 2.28. The lowest BCUT2D eigenvalue weighted by Gasteiger charge is -2.35. The number of aromatic nitrogens is 2. The van der Waals surface area contributed by atoms with Crippen molar-refractivity contribution in [2.45, 2.75) is 63.7 Å². The molecule has 0 amide bonds. The number of benzene rings is 1. The number of hydrogen-bond acceptors (Lipinski definition) is 8. The van der Waals surface area contributed by atoms with Crippen molar-refractivity contribution in [3.63, 3.8) is 0 Å². The highest BCUT2D eigenvalue weighted by atomic mass is 16.5. The van der Waals surface area contributed by atoms with Gasteiger partial charge in [0.25, 0.3) is 0 Å². The third kappa shape index (κ3) is 5.26. The first-order valence-electron chi connectivity index (χ1n) is 11.8. The largest absolute Gasteiger partial charge is 0.481 e. The lowest BCUT2D eigenvalue weighted by molar-refractivity contribution is -0.145. The first kappa shape index (κ1) is 24.2. The summed E-state index contributed by atoms with van der Waals surface area (Å²) in [4.78, 5) is 21.3. The molecule has 0 spiro atoms. The minimum Gasteiger partial charge on any atom is -0.481 e. The van der Waals surface area contributed by atoms with Crippen molar-refractivity contribution >= 4 is 11.7 Å². The highest BCUT2D eigenvalue weighted by molar-refractivity contribution is 5.83. The Bertz CT molecular complexity index is 994. The SMILES string of the molecule is COc1cc(OC)nc(-c2c(C)cc(NC3(C(=O)O)CCOCC3)cc2COC2CCCC2)n1. The second kappa shape index (κ2) is 10.6. The molecule has 0 radical (unpaired) electrons. The molecule has 4 rings (SSSR count). The molecule has 9 heteroatoms. The Balaban J connectivity index is 1.74. The summed E-state index contributed by atoms with van der Waals surface area (Å²) in [6, 6.07) is 5.52. The molecule has 184 valence electrons. The standard InChI is InChI=1S/C25H33N3O6/c1-16-12-18(28-25(24(29)30)8-10-33-11-9-25)13-17(15-34-19-6-4-5-7-19)22(16)23-26-20(31-2)14-21(27-23)32-3/h12-14,19,28H,4-11,15H2,1-3H3,(H,29,30). The van der Waals surface area contributed by atoms with Gasteiger partial charge in [-0.15, -0.1) is 0 Å². The summed E-state index contributed by atoms with van der Waals surface area (Å²) in [5, 5.41) is 13.3. The van der Waals surface area contributed by atoms with Crippen molar-refractivity contribution < 1.29 is 28.8 Å². The van der Waals surface area contributed by atoms with Crippen molar-refractivity contribution in [1.82, 2.24) is 9.97 Å². The summed E-state index contributed by atoms with van der Waals surface area (Å²) in [7, 11) is 3.10. The molecule has 34 heavy (non-hydrogen) atoms. The molecule has 0 unspecified atom stereocenters. The Morgan fingerprint density at radius 1 is 1.12 bits per heavy atom. The van der Waals surface area contributed by atoms with Gasteiger partial charge in [-0.1, -0.05) is 12.8 Å². The lowest BCUT2D eigenvalue weighted by Crippen LogP contribution is -2.50. The molecule has 1 aromatic carbocycles. The molecular weight excluding hydrogens is 438 g/mol. The zero-order chi connectivity index (χ0) is 24.1. The lowest BCUT2D eigenvalue weighted by atomic mass is 9.89. The van der Waals surface area contributed by atoms with Crippen LogP contribution in [-0.2, 0) is 20.9 Å². The van der Waals surface area contributed by atoms with E-state index in [1.165, 1.54) is 12.8 Å². The van der Waals surface area contributed by atoms with Crippen LogP contribution < -0.4 is 14.8 Å². The molecule has 0 bridgehead atoms. The topological polar surface area (TPSA) is 112 Å². The van der Waals surface area contributed by atoms with Crippen LogP contribution in [0.5, 0.6) is 11.8 Å². The molecule has 2 N–H and O–H groups in total. The molecule has 2 aromatic rings. The molecule has 1 aliphatic heterocycles. The molecule has 2 fully saturated rings. The molecule has 2 aliphatic rings. The molecule has 1 saturated carbocycles. The summed E-state index contributed by atoms with van der Waals surface area (Å²) >= 11 is 0. The molecule has 1 aliphatic carbocycles. The van der Waals surface area contributed by atoms with Crippen LogP contribution in [-0.4, -0.2) is 60.1 Å². The van der Waals surface area contributed by atoms with Gasteiger partial charge in [0.15, 0.2) is 5.82 Å². The summed E-state index contributed by atoms with van der Waals surface area (Å²) in [6.07, 6.45) is 5.48. The van der Waals surface area contributed by atoms with E-state index in [2.05, 4.69) is 15.3 Å². The highest BCUT2D eigenvalue weighted by Crippen LogP contribution is 2.35. The Morgan fingerprint density at radius 3 is 2.35 bits per heavy atom. The third-order valence-electron chi connectivity index (χ3n) is 6.65. The Morgan fingerprint density at radius 2 is 1.76 bits per heavy atom. The van der Waals surface area contributed by atoms with Crippen molar-refractivity contribution in [3.05, 3.63) is 29.3 Å². The first-order chi connectivity index (χ1) is 16.4. The fourth-order valence-corrected chi connectivity index (χ4v) is 4.74. The number of rotatable bonds is 9. The van der Waals surface area contributed by atoms with Gasteiger partial charge in [-0.3, -0.25) is 0 Å². The van der Waals surface area contributed by atoms with E-state index in [0.717, 1.165) is 35.2 Å². The van der Waals surface area contributed by atoms with Gasteiger partial charge in [0.2, 0.25) is 11.8 Å². The predicted molar refractivity (Wildman–Crippen MR) is 126 cm³/mol. The van der Waals surface area contributed by atoms with Gasteiger partial charge in [0.05, 0.1) is 33.0 Å². The molecule has 0 atom stereocenters. The number of carboxylic acids is 1. The highest BCUT2D eigenvalue weighted by Gasteiger charge is 2.40. The van der Waals surface area contributed by atoms with Crippen LogP contribution in [0.3, 0.4) is 0 Å². The van der Waals surface area contributed by atoms with Crippen LogP contribution in [0.2, 0.25) is 0 Å². The van der Waals surface area contributed by atoms with Crippen molar-refractivity contribution in [3.8, 4) is 23.1 Å². The number of nitrogens with zero attached hydrogens (tertiary/aromatic N) is 2. The first-order valence-corrected chi connectivity index (χ1v) is 11.8. The number of methoxy groups -OCH3 is 2. The Kier molecular flexibility index (Phi) is 7.53. The maximum atomic E-state index is 12.2. The fourth-order valence-electron chi connectivity index (χ4n) is 4.74. The third-order valence-corrected chi connectivity index (χ3v) is 6.65. The van der Waals surface area contributed by atoms with Gasteiger partial charge in [-0.05, 0) is 43.0 Å². The monoisotopic (exact) mass is 471 g/mol. The fraction of sp³-hybridized carbons (Fsp3) is 0.560. The van der Waals surface area contributed by atoms with Crippen LogP contribution in [0.4, 0.5) is 5.69 Å². The van der Waals surface area contributed by atoms with Crippen LogP contribution in [0.25, 0.3) is 11.4 Å². The average molecular weight is 472 g/mol. The average Bonchev–Trinajstić information content (AvgIpc) is 3.36. The van der Waals surface area contributed by atoms with Crippen LogP contribution in [0.15, 0.2) is 18.2 Å². The second-order valence-electron chi connectivity index (χ2n) is 8.95. The van der Waals surface area contributed by atoms with E-state index >= 15 is 0 Å². The normalized spacial score (nSPS) is 18.0. The smallest absolute Gasteiger partial charge is 0.329 e. The summed E-state index contributed by atoms with van der Waals surface area (Å²) < 4.78 is 22.4. The minimum absolute atomic E-state index is 0.228. The van der Waals surface area contributed by atoms with Crippen LogP contribution in [0, 0.1) is 6.92 Å². The number of anilines is 1. The quantitative estimate of drug-likeness (QED) is 0.561. The van der Waals surface area contributed by atoms with E-state index in [1.807, 2.05) is 19.1 Å².